The predicted molar refractivity (Wildman–Crippen MR) is 115 cm³/mol. The molecule has 2 amide bonds. The number of carbonyl (C=O) groups excluding carboxylic acids is 2. The van der Waals surface area contributed by atoms with Crippen LogP contribution in [0.2, 0.25) is 0 Å². The van der Waals surface area contributed by atoms with Crippen LogP contribution in [-0.2, 0) is 4.79 Å². The highest BCUT2D eigenvalue weighted by atomic mass is 32.2. The maximum atomic E-state index is 12.6. The Hall–Kier alpha value is -2.67. The summed E-state index contributed by atoms with van der Waals surface area (Å²) in [5.74, 6) is 1.67. The van der Waals surface area contributed by atoms with E-state index >= 15 is 0 Å². The molecule has 154 valence electrons. The average Bonchev–Trinajstić information content (AvgIpc) is 3.57. The lowest BCUT2D eigenvalue weighted by Crippen LogP contribution is -2.34. The first-order valence-corrected chi connectivity index (χ1v) is 10.5. The van der Waals surface area contributed by atoms with Crippen molar-refractivity contribution in [1.82, 2.24) is 5.32 Å². The van der Waals surface area contributed by atoms with E-state index in [0.29, 0.717) is 28.7 Å². The van der Waals surface area contributed by atoms with Crippen LogP contribution in [0.4, 0.5) is 5.69 Å². The van der Waals surface area contributed by atoms with E-state index in [1.807, 2.05) is 25.1 Å². The molecule has 29 heavy (non-hydrogen) atoms. The second kappa shape index (κ2) is 9.69. The Bertz CT molecular complexity index is 883. The van der Waals surface area contributed by atoms with Crippen LogP contribution in [0.25, 0.3) is 0 Å². The fourth-order valence-corrected chi connectivity index (χ4v) is 3.88. The molecule has 1 fully saturated rings. The van der Waals surface area contributed by atoms with Gasteiger partial charge in [0.1, 0.15) is 0 Å². The lowest BCUT2D eigenvalue weighted by atomic mass is 10.1. The molecule has 0 bridgehead atoms. The smallest absolute Gasteiger partial charge is 0.252 e. The van der Waals surface area contributed by atoms with Gasteiger partial charge >= 0.3 is 0 Å². The summed E-state index contributed by atoms with van der Waals surface area (Å²) >= 11 is 1.34. The Morgan fingerprint density at radius 1 is 1.10 bits per heavy atom. The van der Waals surface area contributed by atoms with Crippen LogP contribution in [-0.4, -0.2) is 37.8 Å². The fourth-order valence-electron chi connectivity index (χ4n) is 3.03. The minimum atomic E-state index is -0.163. The number of rotatable bonds is 9. The lowest BCUT2D eigenvalue weighted by Gasteiger charge is -2.15. The molecule has 2 aromatic rings. The van der Waals surface area contributed by atoms with Gasteiger partial charge in [-0.3, -0.25) is 9.59 Å². The van der Waals surface area contributed by atoms with Crippen LogP contribution in [0.5, 0.6) is 11.5 Å². The molecular weight excluding hydrogens is 388 g/mol. The summed E-state index contributed by atoms with van der Waals surface area (Å²) in [5.41, 5.74) is 1.22. The molecule has 1 saturated carbocycles. The summed E-state index contributed by atoms with van der Waals surface area (Å²) in [4.78, 5) is 25.8. The molecule has 1 aliphatic rings. The van der Waals surface area contributed by atoms with Gasteiger partial charge < -0.3 is 20.1 Å². The van der Waals surface area contributed by atoms with Gasteiger partial charge in [-0.05, 0) is 49.9 Å². The number of anilines is 1. The summed E-state index contributed by atoms with van der Waals surface area (Å²) in [5, 5.41) is 5.92. The van der Waals surface area contributed by atoms with Crippen molar-refractivity contribution in [3.63, 3.8) is 0 Å². The third-order valence-electron chi connectivity index (χ3n) is 4.85. The highest BCUT2D eigenvalue weighted by Gasteiger charge is 2.29. The number of amides is 2. The van der Waals surface area contributed by atoms with E-state index in [9.17, 15) is 9.59 Å². The number of nitrogens with one attached hydrogen (secondary N) is 2. The molecule has 1 aliphatic carbocycles. The molecule has 2 aromatic carbocycles. The van der Waals surface area contributed by atoms with Crippen molar-refractivity contribution in [3.05, 3.63) is 48.0 Å². The van der Waals surface area contributed by atoms with Crippen molar-refractivity contribution >= 4 is 29.3 Å². The van der Waals surface area contributed by atoms with Crippen molar-refractivity contribution < 1.29 is 19.1 Å². The van der Waals surface area contributed by atoms with Gasteiger partial charge in [0.2, 0.25) is 5.91 Å². The molecule has 0 radical (unpaired) electrons. The Labute approximate surface area is 175 Å². The van der Waals surface area contributed by atoms with Crippen LogP contribution in [0, 0.1) is 5.92 Å². The Morgan fingerprint density at radius 2 is 1.83 bits per heavy atom. The van der Waals surface area contributed by atoms with Crippen LogP contribution >= 0.6 is 11.8 Å². The molecule has 0 saturated heterocycles. The van der Waals surface area contributed by atoms with E-state index in [4.69, 9.17) is 9.47 Å². The van der Waals surface area contributed by atoms with Crippen molar-refractivity contribution in [1.29, 1.82) is 0 Å². The quantitative estimate of drug-likeness (QED) is 0.608. The summed E-state index contributed by atoms with van der Waals surface area (Å²) in [6, 6.07) is 12.7. The predicted octanol–water partition coefficient (Wildman–Crippen LogP) is 3.96. The maximum absolute atomic E-state index is 12.6. The highest BCUT2D eigenvalue weighted by Crippen LogP contribution is 2.33. The Kier molecular flexibility index (Phi) is 7.04. The third-order valence-corrected chi connectivity index (χ3v) is 5.92. The lowest BCUT2D eigenvalue weighted by molar-refractivity contribution is -0.113. The van der Waals surface area contributed by atoms with E-state index in [-0.39, 0.29) is 23.6 Å². The normalized spacial score (nSPS) is 14.0. The van der Waals surface area contributed by atoms with Crippen molar-refractivity contribution in [2.75, 3.05) is 25.3 Å². The molecule has 7 heteroatoms. The minimum absolute atomic E-state index is 0.0900. The molecule has 6 nitrogen and oxygen atoms in total. The molecule has 3 rings (SSSR count). The van der Waals surface area contributed by atoms with Crippen molar-refractivity contribution in [2.24, 2.45) is 5.92 Å². The van der Waals surface area contributed by atoms with Gasteiger partial charge in [-0.1, -0.05) is 12.1 Å². The van der Waals surface area contributed by atoms with Crippen LogP contribution < -0.4 is 20.1 Å². The Morgan fingerprint density at radius 3 is 2.52 bits per heavy atom. The van der Waals surface area contributed by atoms with E-state index in [2.05, 4.69) is 10.6 Å². The number of carbonyl (C=O) groups is 2. The molecule has 0 spiro atoms. The van der Waals surface area contributed by atoms with Gasteiger partial charge in [0, 0.05) is 22.7 Å². The molecule has 2 N–H and O–H groups in total. The van der Waals surface area contributed by atoms with Gasteiger partial charge in [0.15, 0.2) is 11.5 Å². The SMILES string of the molecule is COc1ccc(NC(=O)CSc2ccccc2C(=O)N[C@H](C)C2CC2)cc1OC. The largest absolute Gasteiger partial charge is 0.493 e. The summed E-state index contributed by atoms with van der Waals surface area (Å²) in [6.45, 7) is 2.04. The second-order valence-electron chi connectivity index (χ2n) is 7.00. The monoisotopic (exact) mass is 414 g/mol. The van der Waals surface area contributed by atoms with Crippen molar-refractivity contribution in [2.45, 2.75) is 30.7 Å². The highest BCUT2D eigenvalue weighted by molar-refractivity contribution is 8.00. The first kappa shape index (κ1) is 21.0. The molecule has 0 aromatic heterocycles. The first-order valence-electron chi connectivity index (χ1n) is 9.56. The van der Waals surface area contributed by atoms with Gasteiger partial charge in [0.25, 0.3) is 5.91 Å². The zero-order valence-electron chi connectivity index (χ0n) is 16.9. The van der Waals surface area contributed by atoms with Gasteiger partial charge in [-0.25, -0.2) is 0 Å². The third kappa shape index (κ3) is 5.67. The summed E-state index contributed by atoms with van der Waals surface area (Å²) < 4.78 is 10.5. The zero-order chi connectivity index (χ0) is 20.8. The van der Waals surface area contributed by atoms with E-state index in [0.717, 1.165) is 4.90 Å². The standard InChI is InChI=1S/C22H26N2O4S/c1-14(15-8-9-15)23-22(26)17-6-4-5-7-20(17)29-13-21(25)24-16-10-11-18(27-2)19(12-16)28-3/h4-7,10-12,14-15H,8-9,13H2,1-3H3,(H,23,26)(H,24,25)/t14-/m1/s1. The number of thioether (sulfide) groups is 1. The number of hydrogen-bond acceptors (Lipinski definition) is 5. The number of methoxy groups -OCH3 is 2. The minimum Gasteiger partial charge on any atom is -0.493 e. The van der Waals surface area contributed by atoms with Crippen LogP contribution in [0.15, 0.2) is 47.4 Å². The second-order valence-corrected chi connectivity index (χ2v) is 8.02. The van der Waals surface area contributed by atoms with Gasteiger partial charge in [0.05, 0.1) is 25.5 Å². The van der Waals surface area contributed by atoms with Crippen LogP contribution in [0.3, 0.4) is 0 Å². The van der Waals surface area contributed by atoms with E-state index < -0.39 is 0 Å². The molecule has 0 aliphatic heterocycles. The topological polar surface area (TPSA) is 76.7 Å². The summed E-state index contributed by atoms with van der Waals surface area (Å²) in [6.07, 6.45) is 2.35. The maximum Gasteiger partial charge on any atom is 0.252 e. The molecular formula is C22H26N2O4S. The molecule has 0 unspecified atom stereocenters. The van der Waals surface area contributed by atoms with Gasteiger partial charge in [-0.15, -0.1) is 11.8 Å². The number of ether oxygens (including phenoxy) is 2. The number of benzene rings is 2. The fraction of sp³-hybridized carbons (Fsp3) is 0.364. The molecule has 1 atom stereocenters. The average molecular weight is 415 g/mol. The summed E-state index contributed by atoms with van der Waals surface area (Å²) in [7, 11) is 3.11. The molecule has 0 heterocycles. The Balaban J connectivity index is 1.59. The van der Waals surface area contributed by atoms with E-state index in [1.165, 1.54) is 24.6 Å². The van der Waals surface area contributed by atoms with Crippen molar-refractivity contribution in [3.8, 4) is 11.5 Å². The zero-order valence-corrected chi connectivity index (χ0v) is 17.7. The van der Waals surface area contributed by atoms with Crippen LogP contribution in [0.1, 0.15) is 30.1 Å². The van der Waals surface area contributed by atoms with E-state index in [1.54, 1.807) is 38.5 Å². The first-order chi connectivity index (χ1) is 14.0. The number of hydrogen-bond donors (Lipinski definition) is 2. The van der Waals surface area contributed by atoms with Gasteiger partial charge in [-0.2, -0.15) is 0 Å².